The molecule has 2 heterocycles. The Morgan fingerprint density at radius 3 is 2.75 bits per heavy atom. The zero-order valence-corrected chi connectivity index (χ0v) is 9.56. The van der Waals surface area contributed by atoms with E-state index in [1.807, 2.05) is 26.0 Å². The average molecular weight is 218 g/mol. The first-order valence-electron chi connectivity index (χ1n) is 5.20. The van der Waals surface area contributed by atoms with Gasteiger partial charge in [0.25, 0.3) is 0 Å². The van der Waals surface area contributed by atoms with Crippen molar-refractivity contribution in [1.29, 1.82) is 0 Å². The third-order valence-corrected chi connectivity index (χ3v) is 2.77. The maximum absolute atomic E-state index is 11.3. The molecule has 0 amide bonds. The molecule has 2 aromatic heterocycles. The molecule has 0 fully saturated rings. The fourth-order valence-corrected chi connectivity index (χ4v) is 2.09. The van der Waals surface area contributed by atoms with E-state index in [-0.39, 0.29) is 5.92 Å². The Morgan fingerprint density at radius 2 is 2.19 bits per heavy atom. The molecule has 0 aliphatic heterocycles. The number of hydrogen-bond acceptors (Lipinski definition) is 2. The summed E-state index contributed by atoms with van der Waals surface area (Å²) in [4.78, 5) is 15.6. The Labute approximate surface area is 93.5 Å². The lowest BCUT2D eigenvalue weighted by Crippen LogP contribution is -2.08. The van der Waals surface area contributed by atoms with Gasteiger partial charge in [0.1, 0.15) is 5.69 Å². The molecule has 4 heteroatoms. The van der Waals surface area contributed by atoms with Gasteiger partial charge in [0.2, 0.25) is 0 Å². The molecule has 2 aromatic rings. The SMILES string of the molecule is CC(C)c1c(C(=O)O)n(C)c2cccnc12. The molecule has 0 saturated heterocycles. The van der Waals surface area contributed by atoms with Gasteiger partial charge in [0, 0.05) is 18.8 Å². The van der Waals surface area contributed by atoms with Gasteiger partial charge in [-0.2, -0.15) is 0 Å². The smallest absolute Gasteiger partial charge is 0.352 e. The van der Waals surface area contributed by atoms with Gasteiger partial charge in [-0.3, -0.25) is 4.98 Å². The topological polar surface area (TPSA) is 55.1 Å². The molecular formula is C12H14N2O2. The van der Waals surface area contributed by atoms with E-state index in [4.69, 9.17) is 0 Å². The zero-order chi connectivity index (χ0) is 11.9. The number of nitrogens with zero attached hydrogens (tertiary/aromatic N) is 2. The summed E-state index contributed by atoms with van der Waals surface area (Å²) in [5.74, 6) is -0.756. The molecule has 84 valence electrons. The number of hydrogen-bond donors (Lipinski definition) is 1. The number of fused-ring (bicyclic) bond motifs is 1. The van der Waals surface area contributed by atoms with Crippen LogP contribution in [0.1, 0.15) is 35.8 Å². The maximum atomic E-state index is 11.3. The Morgan fingerprint density at radius 1 is 1.50 bits per heavy atom. The molecule has 4 nitrogen and oxygen atoms in total. The summed E-state index contributed by atoms with van der Waals surface area (Å²) in [6, 6.07) is 3.71. The normalized spacial score (nSPS) is 11.2. The summed E-state index contributed by atoms with van der Waals surface area (Å²) in [6.07, 6.45) is 1.69. The highest BCUT2D eigenvalue weighted by Gasteiger charge is 2.22. The van der Waals surface area contributed by atoms with Crippen molar-refractivity contribution in [1.82, 2.24) is 9.55 Å². The second-order valence-electron chi connectivity index (χ2n) is 4.15. The second kappa shape index (κ2) is 3.63. The van der Waals surface area contributed by atoms with E-state index in [2.05, 4.69) is 4.98 Å². The van der Waals surface area contributed by atoms with E-state index in [1.54, 1.807) is 17.8 Å². The highest BCUT2D eigenvalue weighted by molar-refractivity contribution is 5.96. The number of carboxylic acid groups (broad SMARTS) is 1. The monoisotopic (exact) mass is 218 g/mol. The van der Waals surface area contributed by atoms with Crippen molar-refractivity contribution < 1.29 is 9.90 Å². The highest BCUT2D eigenvalue weighted by atomic mass is 16.4. The number of rotatable bonds is 2. The Hall–Kier alpha value is -1.84. The van der Waals surface area contributed by atoms with E-state index < -0.39 is 5.97 Å². The number of aromatic carboxylic acids is 1. The molecule has 0 unspecified atom stereocenters. The second-order valence-corrected chi connectivity index (χ2v) is 4.15. The lowest BCUT2D eigenvalue weighted by atomic mass is 10.0. The van der Waals surface area contributed by atoms with Gasteiger partial charge in [-0.05, 0) is 18.1 Å². The van der Waals surface area contributed by atoms with Gasteiger partial charge >= 0.3 is 5.97 Å². The first kappa shape index (κ1) is 10.7. The first-order chi connectivity index (χ1) is 7.54. The van der Waals surface area contributed by atoms with Crippen LogP contribution < -0.4 is 0 Å². The quantitative estimate of drug-likeness (QED) is 0.842. The predicted molar refractivity (Wildman–Crippen MR) is 61.8 cm³/mol. The third kappa shape index (κ3) is 1.38. The fourth-order valence-electron chi connectivity index (χ4n) is 2.09. The summed E-state index contributed by atoms with van der Waals surface area (Å²) in [6.45, 7) is 3.96. The molecule has 0 radical (unpaired) electrons. The summed E-state index contributed by atoms with van der Waals surface area (Å²) in [7, 11) is 1.76. The van der Waals surface area contributed by atoms with Crippen LogP contribution in [0.2, 0.25) is 0 Å². The van der Waals surface area contributed by atoms with Crippen LogP contribution in [-0.4, -0.2) is 20.6 Å². The number of carbonyl (C=O) groups is 1. The van der Waals surface area contributed by atoms with Crippen LogP contribution >= 0.6 is 0 Å². The molecule has 0 aromatic carbocycles. The lowest BCUT2D eigenvalue weighted by Gasteiger charge is -2.05. The Bertz CT molecular complexity index is 555. The van der Waals surface area contributed by atoms with Gasteiger partial charge in [-0.15, -0.1) is 0 Å². The summed E-state index contributed by atoms with van der Waals surface area (Å²) >= 11 is 0. The van der Waals surface area contributed by atoms with Gasteiger partial charge in [-0.1, -0.05) is 13.8 Å². The standard InChI is InChI=1S/C12H14N2O2/c1-7(2)9-10-8(5-4-6-13-10)14(3)11(9)12(15)16/h4-7H,1-3H3,(H,15,16). The van der Waals surface area contributed by atoms with Crippen LogP contribution in [0.5, 0.6) is 0 Å². The minimum Gasteiger partial charge on any atom is -0.477 e. The molecule has 2 rings (SSSR count). The Balaban J connectivity index is 2.92. The minimum atomic E-state index is -0.899. The molecule has 0 aliphatic carbocycles. The van der Waals surface area contributed by atoms with Crippen molar-refractivity contribution in [3.05, 3.63) is 29.6 Å². The van der Waals surface area contributed by atoms with E-state index in [0.29, 0.717) is 5.69 Å². The average Bonchev–Trinajstić information content (AvgIpc) is 2.53. The molecule has 0 atom stereocenters. The van der Waals surface area contributed by atoms with Crippen molar-refractivity contribution in [3.8, 4) is 0 Å². The fraction of sp³-hybridized carbons (Fsp3) is 0.333. The minimum absolute atomic E-state index is 0.143. The molecule has 1 N–H and O–H groups in total. The van der Waals surface area contributed by atoms with E-state index in [9.17, 15) is 9.90 Å². The largest absolute Gasteiger partial charge is 0.477 e. The van der Waals surface area contributed by atoms with E-state index >= 15 is 0 Å². The molecule has 0 aliphatic rings. The van der Waals surface area contributed by atoms with Gasteiger partial charge in [0.05, 0.1) is 11.0 Å². The van der Waals surface area contributed by atoms with Crippen molar-refractivity contribution in [2.45, 2.75) is 19.8 Å². The summed E-state index contributed by atoms with van der Waals surface area (Å²) in [5.41, 5.74) is 2.80. The van der Waals surface area contributed by atoms with Crippen LogP contribution in [0.3, 0.4) is 0 Å². The summed E-state index contributed by atoms with van der Waals surface area (Å²) in [5, 5.41) is 9.25. The molecule has 16 heavy (non-hydrogen) atoms. The van der Waals surface area contributed by atoms with Gasteiger partial charge in [-0.25, -0.2) is 4.79 Å². The number of aryl methyl sites for hydroxylation is 1. The van der Waals surface area contributed by atoms with Crippen LogP contribution in [-0.2, 0) is 7.05 Å². The van der Waals surface area contributed by atoms with Gasteiger partial charge in [0.15, 0.2) is 0 Å². The molecular weight excluding hydrogens is 204 g/mol. The number of carboxylic acids is 1. The number of aromatic nitrogens is 2. The predicted octanol–water partition coefficient (Wildman–Crippen LogP) is 2.39. The van der Waals surface area contributed by atoms with Crippen LogP contribution in [0.15, 0.2) is 18.3 Å². The third-order valence-electron chi connectivity index (χ3n) is 2.77. The number of pyridine rings is 1. The maximum Gasteiger partial charge on any atom is 0.352 e. The van der Waals surface area contributed by atoms with Crippen molar-refractivity contribution >= 4 is 17.0 Å². The summed E-state index contributed by atoms with van der Waals surface area (Å²) < 4.78 is 1.69. The zero-order valence-electron chi connectivity index (χ0n) is 9.56. The lowest BCUT2D eigenvalue weighted by molar-refractivity contribution is 0.0685. The van der Waals surface area contributed by atoms with Crippen molar-refractivity contribution in [3.63, 3.8) is 0 Å². The van der Waals surface area contributed by atoms with Crippen LogP contribution in [0, 0.1) is 0 Å². The molecule has 0 bridgehead atoms. The van der Waals surface area contributed by atoms with E-state index in [0.717, 1.165) is 16.6 Å². The van der Waals surface area contributed by atoms with Gasteiger partial charge < -0.3 is 9.67 Å². The van der Waals surface area contributed by atoms with Crippen LogP contribution in [0.25, 0.3) is 11.0 Å². The van der Waals surface area contributed by atoms with Crippen LogP contribution in [0.4, 0.5) is 0 Å². The van der Waals surface area contributed by atoms with Crippen molar-refractivity contribution in [2.24, 2.45) is 7.05 Å². The van der Waals surface area contributed by atoms with E-state index in [1.165, 1.54) is 0 Å². The first-order valence-corrected chi connectivity index (χ1v) is 5.20. The Kier molecular flexibility index (Phi) is 2.42. The molecule has 0 saturated carbocycles. The molecule has 0 spiro atoms. The van der Waals surface area contributed by atoms with Crippen molar-refractivity contribution in [2.75, 3.05) is 0 Å². The highest BCUT2D eigenvalue weighted by Crippen LogP contribution is 2.29.